The molecule has 2 amide bonds. The van der Waals surface area contributed by atoms with Gasteiger partial charge in [-0.2, -0.15) is 0 Å². The molecule has 2 saturated carbocycles. The van der Waals surface area contributed by atoms with Crippen molar-refractivity contribution in [3.63, 3.8) is 0 Å². The maximum Gasteiger partial charge on any atom is 0.251 e. The predicted molar refractivity (Wildman–Crippen MR) is 115 cm³/mol. The van der Waals surface area contributed by atoms with Crippen LogP contribution in [-0.2, 0) is 4.79 Å². The minimum Gasteiger partial charge on any atom is -0.349 e. The molecule has 6 heteroatoms. The molecule has 2 fully saturated rings. The van der Waals surface area contributed by atoms with E-state index in [-0.39, 0.29) is 24.4 Å². The number of rotatable bonds is 8. The van der Waals surface area contributed by atoms with Gasteiger partial charge in [0.25, 0.3) is 5.91 Å². The first-order valence-electron chi connectivity index (χ1n) is 10.2. The molecule has 29 heavy (non-hydrogen) atoms. The van der Waals surface area contributed by atoms with Gasteiger partial charge in [0.2, 0.25) is 5.91 Å². The second kappa shape index (κ2) is 8.56. The Bertz CT molecular complexity index is 909. The minimum absolute atomic E-state index is 0.0533. The predicted octanol–water partition coefficient (Wildman–Crippen LogP) is 4.40. The van der Waals surface area contributed by atoms with Crippen molar-refractivity contribution in [2.45, 2.75) is 50.7 Å². The van der Waals surface area contributed by atoms with E-state index in [1.807, 2.05) is 30.3 Å². The highest BCUT2D eigenvalue weighted by atomic mass is 35.5. The molecule has 2 aliphatic rings. The summed E-state index contributed by atoms with van der Waals surface area (Å²) in [6, 6.07) is 15.7. The molecule has 1 atom stereocenters. The molecule has 0 spiro atoms. The molecule has 0 saturated heterocycles. The lowest BCUT2D eigenvalue weighted by atomic mass is 10.1. The van der Waals surface area contributed by atoms with Crippen molar-refractivity contribution < 1.29 is 9.59 Å². The van der Waals surface area contributed by atoms with E-state index in [0.717, 1.165) is 36.3 Å². The quantitative estimate of drug-likeness (QED) is 0.676. The van der Waals surface area contributed by atoms with E-state index in [9.17, 15) is 9.59 Å². The summed E-state index contributed by atoms with van der Waals surface area (Å²) in [5.41, 5.74) is 2.24. The van der Waals surface area contributed by atoms with Crippen LogP contribution in [0.15, 0.2) is 48.5 Å². The van der Waals surface area contributed by atoms with Gasteiger partial charge in [-0.3, -0.25) is 14.5 Å². The summed E-state index contributed by atoms with van der Waals surface area (Å²) in [5, 5.41) is 6.64. The molecule has 0 aliphatic heterocycles. The first-order chi connectivity index (χ1) is 14.0. The third-order valence-corrected chi connectivity index (χ3v) is 5.86. The fourth-order valence-electron chi connectivity index (χ4n) is 3.58. The maximum absolute atomic E-state index is 12.8. The first-order valence-corrected chi connectivity index (χ1v) is 10.6. The van der Waals surface area contributed by atoms with E-state index in [0.29, 0.717) is 23.3 Å². The molecule has 0 radical (unpaired) electrons. The van der Waals surface area contributed by atoms with E-state index >= 15 is 0 Å². The second-order valence-electron chi connectivity index (χ2n) is 7.98. The minimum atomic E-state index is -0.0875. The molecular formula is C23H26ClN3O2. The van der Waals surface area contributed by atoms with Crippen molar-refractivity contribution in [2.75, 3.05) is 11.9 Å². The molecule has 2 N–H and O–H groups in total. The number of nitrogens with one attached hydrogen (secondary N) is 2. The standard InChI is InChI=1S/C23H26ClN3O2/c1-15(20-7-2-3-8-21(20)24)27(19-11-12-19)14-22(28)25-18-6-4-5-16(13-18)23(29)26-17-9-10-17/h2-8,13,15,17,19H,9-12,14H2,1H3,(H,25,28)(H,26,29). The molecule has 0 bridgehead atoms. The Morgan fingerprint density at radius 1 is 1.10 bits per heavy atom. The van der Waals surface area contributed by atoms with Crippen LogP contribution in [0.25, 0.3) is 0 Å². The Morgan fingerprint density at radius 2 is 1.86 bits per heavy atom. The zero-order valence-electron chi connectivity index (χ0n) is 16.5. The van der Waals surface area contributed by atoms with E-state index in [1.165, 1.54) is 0 Å². The van der Waals surface area contributed by atoms with Gasteiger partial charge in [-0.25, -0.2) is 0 Å². The van der Waals surface area contributed by atoms with Crippen LogP contribution in [0.5, 0.6) is 0 Å². The summed E-state index contributed by atoms with van der Waals surface area (Å²) in [6.07, 6.45) is 4.28. The summed E-state index contributed by atoms with van der Waals surface area (Å²) < 4.78 is 0. The van der Waals surface area contributed by atoms with Gasteiger partial charge in [-0.05, 0) is 62.4 Å². The molecule has 2 aromatic rings. The van der Waals surface area contributed by atoms with Crippen LogP contribution in [0.1, 0.15) is 54.6 Å². The maximum atomic E-state index is 12.8. The third kappa shape index (κ3) is 5.17. The van der Waals surface area contributed by atoms with Gasteiger partial charge in [-0.1, -0.05) is 35.9 Å². The van der Waals surface area contributed by atoms with Crippen molar-refractivity contribution in [2.24, 2.45) is 0 Å². The highest BCUT2D eigenvalue weighted by Gasteiger charge is 2.34. The summed E-state index contributed by atoms with van der Waals surface area (Å²) >= 11 is 6.38. The lowest BCUT2D eigenvalue weighted by Crippen LogP contribution is -2.37. The third-order valence-electron chi connectivity index (χ3n) is 5.52. The van der Waals surface area contributed by atoms with Crippen molar-refractivity contribution in [3.8, 4) is 0 Å². The molecule has 0 heterocycles. The van der Waals surface area contributed by atoms with Gasteiger partial charge >= 0.3 is 0 Å². The largest absolute Gasteiger partial charge is 0.349 e. The van der Waals surface area contributed by atoms with Crippen LogP contribution < -0.4 is 10.6 Å². The number of carbonyl (C=O) groups excluding carboxylic acids is 2. The Labute approximate surface area is 176 Å². The number of carbonyl (C=O) groups is 2. The average Bonchev–Trinajstić information content (AvgIpc) is 3.61. The summed E-state index contributed by atoms with van der Waals surface area (Å²) in [4.78, 5) is 27.2. The van der Waals surface area contributed by atoms with Crippen LogP contribution in [0.4, 0.5) is 5.69 Å². The fourth-order valence-corrected chi connectivity index (χ4v) is 3.88. The van der Waals surface area contributed by atoms with Crippen molar-refractivity contribution >= 4 is 29.1 Å². The van der Waals surface area contributed by atoms with E-state index < -0.39 is 0 Å². The van der Waals surface area contributed by atoms with E-state index in [2.05, 4.69) is 22.5 Å². The number of nitrogens with zero attached hydrogens (tertiary/aromatic N) is 1. The lowest BCUT2D eigenvalue weighted by Gasteiger charge is -2.29. The van der Waals surface area contributed by atoms with Crippen molar-refractivity contribution in [1.29, 1.82) is 0 Å². The monoisotopic (exact) mass is 411 g/mol. The van der Waals surface area contributed by atoms with Crippen LogP contribution >= 0.6 is 11.6 Å². The SMILES string of the molecule is CC(c1ccccc1Cl)N(CC(=O)Nc1cccc(C(=O)NC2CC2)c1)C1CC1. The number of anilines is 1. The van der Waals surface area contributed by atoms with E-state index in [4.69, 9.17) is 11.6 Å². The molecule has 0 aromatic heterocycles. The fraction of sp³-hybridized carbons (Fsp3) is 0.391. The highest BCUT2D eigenvalue weighted by molar-refractivity contribution is 6.31. The highest BCUT2D eigenvalue weighted by Crippen LogP contribution is 2.36. The van der Waals surface area contributed by atoms with Gasteiger partial charge in [0.15, 0.2) is 0 Å². The van der Waals surface area contributed by atoms with Gasteiger partial charge in [-0.15, -0.1) is 0 Å². The Hall–Kier alpha value is -2.37. The molecule has 2 aliphatic carbocycles. The number of hydrogen-bond acceptors (Lipinski definition) is 3. The number of halogens is 1. The Morgan fingerprint density at radius 3 is 2.55 bits per heavy atom. The lowest BCUT2D eigenvalue weighted by molar-refractivity contribution is -0.118. The Balaban J connectivity index is 1.41. The van der Waals surface area contributed by atoms with Gasteiger partial charge < -0.3 is 10.6 Å². The second-order valence-corrected chi connectivity index (χ2v) is 8.38. The topological polar surface area (TPSA) is 61.4 Å². The molecule has 4 rings (SSSR count). The summed E-state index contributed by atoms with van der Waals surface area (Å²) in [7, 11) is 0. The summed E-state index contributed by atoms with van der Waals surface area (Å²) in [6.45, 7) is 2.38. The molecule has 1 unspecified atom stereocenters. The molecule has 5 nitrogen and oxygen atoms in total. The molecule has 152 valence electrons. The van der Waals surface area contributed by atoms with Crippen LogP contribution in [0, 0.1) is 0 Å². The number of hydrogen-bond donors (Lipinski definition) is 2. The number of amides is 2. The first kappa shape index (κ1) is 19.9. The zero-order chi connectivity index (χ0) is 20.4. The van der Waals surface area contributed by atoms with Crippen LogP contribution in [-0.4, -0.2) is 35.3 Å². The van der Waals surface area contributed by atoms with Crippen molar-refractivity contribution in [1.82, 2.24) is 10.2 Å². The number of benzene rings is 2. The normalized spacial score (nSPS) is 17.1. The van der Waals surface area contributed by atoms with Crippen molar-refractivity contribution in [3.05, 3.63) is 64.7 Å². The molecule has 2 aromatic carbocycles. The molecular weight excluding hydrogens is 386 g/mol. The van der Waals surface area contributed by atoms with E-state index in [1.54, 1.807) is 18.2 Å². The Kier molecular flexibility index (Phi) is 5.88. The van der Waals surface area contributed by atoms with Crippen LogP contribution in [0.3, 0.4) is 0 Å². The average molecular weight is 412 g/mol. The zero-order valence-corrected chi connectivity index (χ0v) is 17.3. The van der Waals surface area contributed by atoms with Gasteiger partial charge in [0.1, 0.15) is 0 Å². The van der Waals surface area contributed by atoms with Gasteiger partial charge in [0, 0.05) is 34.4 Å². The van der Waals surface area contributed by atoms with Crippen LogP contribution in [0.2, 0.25) is 5.02 Å². The smallest absolute Gasteiger partial charge is 0.251 e. The van der Waals surface area contributed by atoms with Gasteiger partial charge in [0.05, 0.1) is 6.54 Å². The summed E-state index contributed by atoms with van der Waals surface area (Å²) in [5.74, 6) is -0.175.